The van der Waals surface area contributed by atoms with Crippen molar-refractivity contribution in [3.8, 4) is 11.4 Å². The van der Waals surface area contributed by atoms with E-state index < -0.39 is 0 Å². The Balaban J connectivity index is 1.73. The maximum Gasteiger partial charge on any atom is 0.414 e. The van der Waals surface area contributed by atoms with Crippen LogP contribution in [0.4, 0.5) is 10.5 Å². The number of aromatic amines is 1. The number of para-hydroxylation sites is 1. The van der Waals surface area contributed by atoms with Gasteiger partial charge >= 0.3 is 6.09 Å². The molecule has 0 radical (unpaired) electrons. The van der Waals surface area contributed by atoms with Gasteiger partial charge in [0.05, 0.1) is 17.4 Å². The minimum atomic E-state index is -0.338. The molecule has 23 heavy (non-hydrogen) atoms. The van der Waals surface area contributed by atoms with E-state index in [1.54, 1.807) is 11.0 Å². The molecule has 4 rings (SSSR count). The number of fused-ring (bicyclic) bond motifs is 1. The molecular weight excluding hydrogens is 294 g/mol. The molecule has 1 aliphatic heterocycles. The molecule has 6 nitrogen and oxygen atoms in total. The minimum Gasteiger partial charge on any atom is -0.447 e. The van der Waals surface area contributed by atoms with Gasteiger partial charge in [0, 0.05) is 11.3 Å². The van der Waals surface area contributed by atoms with Crippen molar-refractivity contribution >= 4 is 22.7 Å². The summed E-state index contributed by atoms with van der Waals surface area (Å²) in [6, 6.07) is 14.5. The van der Waals surface area contributed by atoms with Crippen molar-refractivity contribution in [3.63, 3.8) is 0 Å². The lowest BCUT2D eigenvalue weighted by Crippen LogP contribution is -2.23. The number of benzene rings is 2. The molecule has 0 spiro atoms. The van der Waals surface area contributed by atoms with Crippen LogP contribution in [0.25, 0.3) is 22.3 Å². The molecule has 6 heteroatoms. The average Bonchev–Trinajstić information content (AvgIpc) is 3.01. The second kappa shape index (κ2) is 5.24. The van der Waals surface area contributed by atoms with Crippen LogP contribution in [0.2, 0.25) is 0 Å². The van der Waals surface area contributed by atoms with E-state index in [0.717, 1.165) is 11.3 Å². The van der Waals surface area contributed by atoms with Crippen LogP contribution >= 0.6 is 0 Å². The van der Waals surface area contributed by atoms with Crippen LogP contribution in [0.1, 0.15) is 0 Å². The van der Waals surface area contributed by atoms with Gasteiger partial charge < -0.3 is 9.72 Å². The summed E-state index contributed by atoms with van der Waals surface area (Å²) in [5, 5.41) is 0.563. The van der Waals surface area contributed by atoms with E-state index in [-0.39, 0.29) is 11.7 Å². The Bertz CT molecular complexity index is 947. The summed E-state index contributed by atoms with van der Waals surface area (Å²) in [6.07, 6.45) is -0.338. The van der Waals surface area contributed by atoms with E-state index in [2.05, 4.69) is 9.97 Å². The molecule has 1 saturated heterocycles. The molecule has 3 aromatic rings. The summed E-state index contributed by atoms with van der Waals surface area (Å²) < 4.78 is 4.93. The number of carbonyl (C=O) groups excluding carboxylic acids is 1. The van der Waals surface area contributed by atoms with Gasteiger partial charge in [-0.15, -0.1) is 0 Å². The Labute approximate surface area is 131 Å². The second-order valence-electron chi connectivity index (χ2n) is 5.24. The summed E-state index contributed by atoms with van der Waals surface area (Å²) in [7, 11) is 0. The lowest BCUT2D eigenvalue weighted by atomic mass is 10.1. The fraction of sp³-hybridized carbons (Fsp3) is 0.118. The summed E-state index contributed by atoms with van der Waals surface area (Å²) in [4.78, 5) is 32.5. The van der Waals surface area contributed by atoms with Crippen molar-refractivity contribution in [1.82, 2.24) is 9.97 Å². The lowest BCUT2D eigenvalue weighted by molar-refractivity contribution is 0.181. The fourth-order valence-corrected chi connectivity index (χ4v) is 2.65. The summed E-state index contributed by atoms with van der Waals surface area (Å²) in [5.74, 6) is 0.504. The first kappa shape index (κ1) is 13.5. The highest BCUT2D eigenvalue weighted by molar-refractivity contribution is 5.89. The minimum absolute atomic E-state index is 0.169. The van der Waals surface area contributed by atoms with Gasteiger partial charge in [0.15, 0.2) is 0 Å². The number of anilines is 1. The number of nitrogens with zero attached hydrogens (tertiary/aromatic N) is 2. The van der Waals surface area contributed by atoms with Gasteiger partial charge in [-0.3, -0.25) is 9.69 Å². The number of ether oxygens (including phenoxy) is 1. The van der Waals surface area contributed by atoms with Gasteiger partial charge in [-0.2, -0.15) is 0 Å². The molecule has 2 aromatic carbocycles. The van der Waals surface area contributed by atoms with Gasteiger partial charge in [0.2, 0.25) is 0 Å². The fourth-order valence-electron chi connectivity index (χ4n) is 2.65. The molecule has 1 aromatic heterocycles. The highest BCUT2D eigenvalue weighted by atomic mass is 16.6. The number of H-pyrrole nitrogens is 1. The van der Waals surface area contributed by atoms with Crippen LogP contribution in [0.5, 0.6) is 0 Å². The van der Waals surface area contributed by atoms with Crippen LogP contribution in [-0.2, 0) is 4.74 Å². The monoisotopic (exact) mass is 307 g/mol. The zero-order valence-corrected chi connectivity index (χ0v) is 12.2. The number of rotatable bonds is 2. The van der Waals surface area contributed by atoms with Gasteiger partial charge in [-0.1, -0.05) is 12.1 Å². The normalized spacial score (nSPS) is 14.3. The van der Waals surface area contributed by atoms with Crippen molar-refractivity contribution in [1.29, 1.82) is 0 Å². The summed E-state index contributed by atoms with van der Waals surface area (Å²) >= 11 is 0. The van der Waals surface area contributed by atoms with Gasteiger partial charge in [0.25, 0.3) is 5.56 Å². The third-order valence-electron chi connectivity index (χ3n) is 3.83. The smallest absolute Gasteiger partial charge is 0.414 e. The maximum absolute atomic E-state index is 12.1. The number of carbonyl (C=O) groups is 1. The molecule has 114 valence electrons. The molecule has 0 aliphatic carbocycles. The van der Waals surface area contributed by atoms with Crippen molar-refractivity contribution in [2.45, 2.75) is 0 Å². The summed E-state index contributed by atoms with van der Waals surface area (Å²) in [5.41, 5.74) is 2.03. The zero-order valence-electron chi connectivity index (χ0n) is 12.2. The van der Waals surface area contributed by atoms with Crippen molar-refractivity contribution in [2.24, 2.45) is 0 Å². The summed E-state index contributed by atoms with van der Waals surface area (Å²) in [6.45, 7) is 0.948. The molecule has 0 unspecified atom stereocenters. The van der Waals surface area contributed by atoms with Gasteiger partial charge in [-0.05, 0) is 36.4 Å². The van der Waals surface area contributed by atoms with Crippen LogP contribution in [0, 0.1) is 0 Å². The van der Waals surface area contributed by atoms with E-state index in [0.29, 0.717) is 29.9 Å². The van der Waals surface area contributed by atoms with Crippen LogP contribution < -0.4 is 10.5 Å². The third kappa shape index (κ3) is 2.34. The highest BCUT2D eigenvalue weighted by Gasteiger charge is 2.23. The first-order chi connectivity index (χ1) is 11.2. The molecule has 0 saturated carbocycles. The molecule has 0 atom stereocenters. The Morgan fingerprint density at radius 3 is 2.57 bits per heavy atom. The Hall–Kier alpha value is -3.15. The highest BCUT2D eigenvalue weighted by Crippen LogP contribution is 2.23. The standard InChI is InChI=1S/C17H13N3O3/c21-16-13-3-1-2-4-14(13)18-15(19-16)11-5-7-12(8-6-11)20-9-10-23-17(20)22/h1-8H,9-10H2,(H,18,19,21). The van der Waals surface area contributed by atoms with Gasteiger partial charge in [0.1, 0.15) is 12.4 Å². The van der Waals surface area contributed by atoms with E-state index in [9.17, 15) is 9.59 Å². The van der Waals surface area contributed by atoms with E-state index in [1.165, 1.54) is 0 Å². The van der Waals surface area contributed by atoms with Crippen LogP contribution in [0.3, 0.4) is 0 Å². The number of hydrogen-bond acceptors (Lipinski definition) is 4. The SMILES string of the molecule is O=C1OCCN1c1ccc(-c2nc3ccccc3c(=O)[nH]2)cc1. The Morgan fingerprint density at radius 2 is 1.83 bits per heavy atom. The number of aromatic nitrogens is 2. The number of hydrogen-bond donors (Lipinski definition) is 1. The van der Waals surface area contributed by atoms with E-state index in [4.69, 9.17) is 4.74 Å². The molecular formula is C17H13N3O3. The van der Waals surface area contributed by atoms with Crippen molar-refractivity contribution in [2.75, 3.05) is 18.1 Å². The van der Waals surface area contributed by atoms with Crippen molar-refractivity contribution in [3.05, 3.63) is 58.9 Å². The lowest BCUT2D eigenvalue weighted by Gasteiger charge is -2.12. The largest absolute Gasteiger partial charge is 0.447 e. The Morgan fingerprint density at radius 1 is 1.04 bits per heavy atom. The maximum atomic E-state index is 12.1. The average molecular weight is 307 g/mol. The van der Waals surface area contributed by atoms with Crippen LogP contribution in [0.15, 0.2) is 53.3 Å². The third-order valence-corrected chi connectivity index (χ3v) is 3.83. The molecule has 2 heterocycles. The molecule has 1 aliphatic rings. The number of cyclic esters (lactones) is 1. The van der Waals surface area contributed by atoms with Gasteiger partial charge in [-0.25, -0.2) is 9.78 Å². The molecule has 0 bridgehead atoms. The Kier molecular flexibility index (Phi) is 3.08. The first-order valence-corrected chi connectivity index (χ1v) is 7.26. The quantitative estimate of drug-likeness (QED) is 0.789. The number of amides is 1. The topological polar surface area (TPSA) is 75.3 Å². The molecule has 1 fully saturated rings. The van der Waals surface area contributed by atoms with Crippen molar-refractivity contribution < 1.29 is 9.53 Å². The first-order valence-electron chi connectivity index (χ1n) is 7.26. The zero-order chi connectivity index (χ0) is 15.8. The van der Waals surface area contributed by atoms with Crippen LogP contribution in [-0.4, -0.2) is 29.2 Å². The predicted molar refractivity (Wildman–Crippen MR) is 86.5 cm³/mol. The number of nitrogens with one attached hydrogen (secondary N) is 1. The van der Waals surface area contributed by atoms with E-state index >= 15 is 0 Å². The second-order valence-corrected chi connectivity index (χ2v) is 5.24. The molecule has 1 amide bonds. The predicted octanol–water partition coefficient (Wildman–Crippen LogP) is 2.55. The van der Waals surface area contributed by atoms with E-state index in [1.807, 2.05) is 42.5 Å². The molecule has 1 N–H and O–H groups in total.